The molecule has 0 fully saturated rings. The molecular formula is H3Cl2N2P. The minimum Gasteiger partial charge on any atom is -0.153 e. The van der Waals surface area contributed by atoms with Gasteiger partial charge in [0.05, 0.1) is 23.6 Å². The fourth-order valence-corrected chi connectivity index (χ4v) is 0. The van der Waals surface area contributed by atoms with Gasteiger partial charge in [-0.3, -0.25) is 0 Å². The third kappa shape index (κ3) is 12.1. The number of halogens is 2. The zero-order chi connectivity index (χ0) is 3.41. The van der Waals surface area contributed by atoms with Crippen molar-refractivity contribution in [3.05, 3.63) is 0 Å². The van der Waals surface area contributed by atoms with Crippen molar-refractivity contribution in [2.24, 2.45) is 9.27 Å². The lowest BCUT2D eigenvalue weighted by Gasteiger charge is -1.44. The molecule has 0 heterocycles. The van der Waals surface area contributed by atoms with E-state index in [1.807, 2.05) is 0 Å². The summed E-state index contributed by atoms with van der Waals surface area (Å²) in [6, 6.07) is 0. The first-order valence-corrected chi connectivity index (χ1v) is 1.21. The lowest BCUT2D eigenvalue weighted by molar-refractivity contribution is 1.49. The zero-order valence-corrected chi connectivity index (χ0v) is 5.28. The summed E-state index contributed by atoms with van der Waals surface area (Å²) in [4.78, 5) is 0. The highest BCUT2D eigenvalue weighted by Gasteiger charge is 1.40. The van der Waals surface area contributed by atoms with Crippen molar-refractivity contribution >= 4 is 33.5 Å². The summed E-state index contributed by atoms with van der Waals surface area (Å²) in [5.41, 5.74) is 0. The molecule has 0 aromatic rings. The Kier molecular flexibility index (Phi) is 16.1. The van der Waals surface area contributed by atoms with E-state index in [4.69, 9.17) is 0 Å². The van der Waals surface area contributed by atoms with Gasteiger partial charge in [-0.2, -0.15) is 9.90 Å². The van der Waals surface area contributed by atoms with Gasteiger partial charge >= 0.3 is 0 Å². The van der Waals surface area contributed by atoms with Gasteiger partial charge in [-0.25, -0.2) is 0 Å². The summed E-state index contributed by atoms with van der Waals surface area (Å²) in [6.07, 6.45) is 0. The van der Waals surface area contributed by atoms with Crippen molar-refractivity contribution in [2.45, 2.75) is 0 Å². The molecule has 1 unspecified atom stereocenters. The predicted octanol–water partition coefficient (Wildman–Crippen LogP) is 1.80. The van der Waals surface area contributed by atoms with Crippen LogP contribution in [0.25, 0.3) is 0 Å². The summed E-state index contributed by atoms with van der Waals surface area (Å²) in [5, 5.41) is 0. The molecule has 32 valence electrons. The molecule has 0 bridgehead atoms. The number of rotatable bonds is 0. The second-order valence-electron chi connectivity index (χ2n) is 0.151. The van der Waals surface area contributed by atoms with Crippen LogP contribution in [0.4, 0.5) is 0 Å². The quantitative estimate of drug-likeness (QED) is 0.355. The molecule has 0 saturated carbocycles. The van der Waals surface area contributed by atoms with E-state index in [1.54, 1.807) is 0 Å². The normalized spacial score (nSPS) is 7.60. The first-order valence-electron chi connectivity index (χ1n) is 0.538. The van der Waals surface area contributed by atoms with Crippen molar-refractivity contribution in [1.29, 1.82) is 0 Å². The topological polar surface area (TPSA) is 24.7 Å². The van der Waals surface area contributed by atoms with Crippen LogP contribution in [0.5, 0.6) is 0 Å². The Bertz CT molecular complexity index is 22.8. The molecular weight excluding hydrogens is 130 g/mol. The molecule has 0 amide bonds. The van der Waals surface area contributed by atoms with E-state index < -0.39 is 0 Å². The largest absolute Gasteiger partial charge is 0.153 e. The average Bonchev–Trinajstić information content (AvgIpc) is 1.37. The summed E-state index contributed by atoms with van der Waals surface area (Å²) >= 11 is 9.02. The van der Waals surface area contributed by atoms with Crippen LogP contribution in [0.15, 0.2) is 9.27 Å². The Morgan fingerprint density at radius 2 is 1.20 bits per heavy atom. The van der Waals surface area contributed by atoms with Gasteiger partial charge in [-0.1, -0.05) is 9.27 Å². The molecule has 0 radical (unpaired) electrons. The first-order chi connectivity index (χ1) is 1.91. The van der Waals surface area contributed by atoms with Gasteiger partial charge in [0.15, 0.2) is 0 Å². The summed E-state index contributed by atoms with van der Waals surface area (Å²) in [7, 11) is 0. The Morgan fingerprint density at radius 3 is 1.20 bits per heavy atom. The van der Waals surface area contributed by atoms with E-state index in [0.717, 1.165) is 0 Å². The average molecular weight is 133 g/mol. The van der Waals surface area contributed by atoms with Gasteiger partial charge in [0.1, 0.15) is 0 Å². The maximum atomic E-state index is 4.51. The van der Waals surface area contributed by atoms with Gasteiger partial charge in [0.25, 0.3) is 0 Å². The monoisotopic (exact) mass is 132 g/mol. The number of hydrogen-bond acceptors (Lipinski definition) is 2. The summed E-state index contributed by atoms with van der Waals surface area (Å²) < 4.78 is 5.20. The smallest absolute Gasteiger partial charge is 0.0615 e. The van der Waals surface area contributed by atoms with E-state index in [2.05, 4.69) is 32.8 Å². The van der Waals surface area contributed by atoms with Crippen molar-refractivity contribution < 1.29 is 0 Å². The SMILES string of the molecule is ClN=NCl.P. The van der Waals surface area contributed by atoms with Crippen LogP contribution in [-0.4, -0.2) is 0 Å². The van der Waals surface area contributed by atoms with Crippen LogP contribution < -0.4 is 0 Å². The standard InChI is InChI=1S/Cl2N2.H3P/c1-3-4-2;/h;1H3. The summed E-state index contributed by atoms with van der Waals surface area (Å²) in [6.45, 7) is 0. The van der Waals surface area contributed by atoms with E-state index in [-0.39, 0.29) is 9.90 Å². The fraction of sp³-hybridized carbons (Fsp3) is 0. The van der Waals surface area contributed by atoms with Crippen LogP contribution in [0, 0.1) is 0 Å². The second kappa shape index (κ2) is 8.82. The highest BCUT2D eigenvalue weighted by molar-refractivity contribution is 6.92. The highest BCUT2D eigenvalue weighted by atomic mass is 35.5. The molecule has 0 aromatic heterocycles. The molecule has 0 saturated heterocycles. The Hall–Kier alpha value is 0.610. The van der Waals surface area contributed by atoms with E-state index in [0.29, 0.717) is 0 Å². The van der Waals surface area contributed by atoms with Gasteiger partial charge in [0.2, 0.25) is 0 Å². The van der Waals surface area contributed by atoms with Crippen LogP contribution in [0.1, 0.15) is 0 Å². The second-order valence-corrected chi connectivity index (χ2v) is 0.454. The Labute approximate surface area is 43.4 Å². The van der Waals surface area contributed by atoms with Crippen molar-refractivity contribution in [3.63, 3.8) is 0 Å². The molecule has 0 spiro atoms. The third-order valence-electron chi connectivity index (χ3n) is 0.0286. The van der Waals surface area contributed by atoms with E-state index in [9.17, 15) is 0 Å². The predicted molar refractivity (Wildman–Crippen MR) is 27.7 cm³/mol. The minimum atomic E-state index is 0. The Balaban J connectivity index is 0. The molecule has 0 aromatic carbocycles. The molecule has 0 N–H and O–H groups in total. The molecule has 0 aliphatic heterocycles. The maximum Gasteiger partial charge on any atom is 0.0615 e. The van der Waals surface area contributed by atoms with Gasteiger partial charge in [0, 0.05) is 0 Å². The van der Waals surface area contributed by atoms with E-state index in [1.165, 1.54) is 0 Å². The third-order valence-corrected chi connectivity index (χ3v) is 0.257. The molecule has 5 heavy (non-hydrogen) atoms. The Morgan fingerprint density at radius 1 is 1.00 bits per heavy atom. The van der Waals surface area contributed by atoms with Crippen molar-refractivity contribution in [1.82, 2.24) is 0 Å². The summed E-state index contributed by atoms with van der Waals surface area (Å²) in [5.74, 6) is 0. The number of nitrogens with zero attached hydrogens (tertiary/aromatic N) is 2. The van der Waals surface area contributed by atoms with Crippen LogP contribution in [0.2, 0.25) is 0 Å². The van der Waals surface area contributed by atoms with Crippen molar-refractivity contribution in [2.75, 3.05) is 0 Å². The molecule has 5 heteroatoms. The van der Waals surface area contributed by atoms with Gasteiger partial charge in [-0.15, -0.1) is 0 Å². The minimum absolute atomic E-state index is 0. The molecule has 0 aliphatic rings. The first kappa shape index (κ1) is 9.15. The maximum absolute atomic E-state index is 4.51. The highest BCUT2D eigenvalue weighted by Crippen LogP contribution is 1.80. The molecule has 2 nitrogen and oxygen atoms in total. The fourth-order valence-electron chi connectivity index (χ4n) is 0. The number of hydrogen-bond donors (Lipinski definition) is 0. The zero-order valence-electron chi connectivity index (χ0n) is 2.36. The molecule has 0 rings (SSSR count). The van der Waals surface area contributed by atoms with Crippen molar-refractivity contribution in [3.8, 4) is 0 Å². The van der Waals surface area contributed by atoms with Crippen LogP contribution in [-0.2, 0) is 0 Å². The lowest BCUT2D eigenvalue weighted by atomic mass is 13.3. The van der Waals surface area contributed by atoms with E-state index >= 15 is 0 Å². The molecule has 0 aliphatic carbocycles. The lowest BCUT2D eigenvalue weighted by Crippen LogP contribution is -1.09. The van der Waals surface area contributed by atoms with Crippen LogP contribution in [0.3, 0.4) is 0 Å². The van der Waals surface area contributed by atoms with Crippen LogP contribution >= 0.6 is 33.5 Å². The van der Waals surface area contributed by atoms with Gasteiger partial charge in [-0.05, 0) is 0 Å². The van der Waals surface area contributed by atoms with Gasteiger partial charge < -0.3 is 0 Å². The molecule has 1 atom stereocenters.